The second-order valence-corrected chi connectivity index (χ2v) is 5.97. The monoisotopic (exact) mass is 251 g/mol. The molecule has 2 heterocycles. The third-order valence-corrected chi connectivity index (χ3v) is 4.57. The molecule has 1 unspecified atom stereocenters. The summed E-state index contributed by atoms with van der Waals surface area (Å²) in [5.74, 6) is 1.36. The Morgan fingerprint density at radius 2 is 2.38 bits per heavy atom. The highest BCUT2D eigenvalue weighted by atomic mass is 32.1. The molecule has 0 amide bonds. The number of thiophene rings is 1. The summed E-state index contributed by atoms with van der Waals surface area (Å²) in [7, 11) is 0. The summed E-state index contributed by atoms with van der Waals surface area (Å²) in [4.78, 5) is 9.84. The third-order valence-electron chi connectivity index (χ3n) is 3.21. The molecule has 1 aliphatic carbocycles. The highest BCUT2D eigenvalue weighted by Gasteiger charge is 2.22. The van der Waals surface area contributed by atoms with Crippen LogP contribution in [0.15, 0.2) is 0 Å². The predicted octanol–water partition coefficient (Wildman–Crippen LogP) is 3.06. The van der Waals surface area contributed by atoms with Gasteiger partial charge in [-0.2, -0.15) is 0 Å². The van der Waals surface area contributed by atoms with Crippen molar-refractivity contribution in [2.24, 2.45) is 5.92 Å². The Balaban J connectivity index is 2.33. The van der Waals surface area contributed by atoms with Gasteiger partial charge >= 0.3 is 0 Å². The minimum absolute atomic E-state index is 0.483. The number of hydrogen-bond acceptors (Lipinski definition) is 4. The van der Waals surface area contributed by atoms with Gasteiger partial charge in [-0.3, -0.25) is 0 Å². The molecule has 0 fully saturated rings. The smallest absolute Gasteiger partial charge is 0.199 e. The van der Waals surface area contributed by atoms with Gasteiger partial charge in [-0.1, -0.05) is 6.92 Å². The zero-order valence-electron chi connectivity index (χ0n) is 9.04. The number of hydrogen-bond donors (Lipinski definition) is 2. The largest absolute Gasteiger partial charge is 0.383 e. The molecule has 1 aliphatic rings. The summed E-state index contributed by atoms with van der Waals surface area (Å²) < 4.78 is 0.483. The molecule has 3 nitrogen and oxygen atoms in total. The van der Waals surface area contributed by atoms with E-state index < -0.39 is 0 Å². The number of H-pyrrole nitrogens is 1. The maximum atomic E-state index is 5.97. The van der Waals surface area contributed by atoms with Gasteiger partial charge in [-0.15, -0.1) is 11.3 Å². The van der Waals surface area contributed by atoms with Gasteiger partial charge in [-0.25, -0.2) is 4.98 Å². The van der Waals surface area contributed by atoms with Crippen molar-refractivity contribution >= 4 is 39.6 Å². The average Bonchev–Trinajstić information content (AvgIpc) is 2.54. The number of anilines is 1. The van der Waals surface area contributed by atoms with Gasteiger partial charge < -0.3 is 10.7 Å². The van der Waals surface area contributed by atoms with Gasteiger partial charge in [0.1, 0.15) is 10.6 Å². The van der Waals surface area contributed by atoms with E-state index in [1.807, 2.05) is 0 Å². The van der Waals surface area contributed by atoms with Crippen molar-refractivity contribution in [3.8, 4) is 0 Å². The summed E-state index contributed by atoms with van der Waals surface area (Å²) in [6.45, 7) is 2.30. The van der Waals surface area contributed by atoms with Crippen LogP contribution in [-0.4, -0.2) is 9.97 Å². The van der Waals surface area contributed by atoms with Crippen molar-refractivity contribution in [3.63, 3.8) is 0 Å². The molecule has 5 heteroatoms. The molecular formula is C11H13N3S2. The highest BCUT2D eigenvalue weighted by Crippen LogP contribution is 2.38. The van der Waals surface area contributed by atoms with Crippen LogP contribution in [0.3, 0.4) is 0 Å². The number of nitrogens with zero attached hydrogens (tertiary/aromatic N) is 1. The summed E-state index contributed by atoms with van der Waals surface area (Å²) in [5.41, 5.74) is 7.37. The Labute approximate surface area is 103 Å². The molecule has 0 aromatic carbocycles. The first kappa shape index (κ1) is 10.2. The third kappa shape index (κ3) is 1.46. The molecule has 16 heavy (non-hydrogen) atoms. The van der Waals surface area contributed by atoms with Gasteiger partial charge in [0, 0.05) is 4.88 Å². The SMILES string of the molecule is CC1CCc2c(sc3[nH]c(=S)nc(N)c23)C1. The summed E-state index contributed by atoms with van der Waals surface area (Å²) >= 11 is 6.84. The highest BCUT2D eigenvalue weighted by molar-refractivity contribution is 7.71. The Morgan fingerprint density at radius 3 is 3.19 bits per heavy atom. The molecule has 3 rings (SSSR count). The number of rotatable bonds is 0. The van der Waals surface area contributed by atoms with Crippen molar-refractivity contribution in [1.82, 2.24) is 9.97 Å². The van der Waals surface area contributed by atoms with Crippen molar-refractivity contribution in [1.29, 1.82) is 0 Å². The molecule has 2 aromatic heterocycles. The first-order valence-corrected chi connectivity index (χ1v) is 6.67. The van der Waals surface area contributed by atoms with Gasteiger partial charge in [0.05, 0.1) is 5.39 Å². The number of aromatic nitrogens is 2. The Hall–Kier alpha value is -0.940. The molecule has 1 atom stereocenters. The van der Waals surface area contributed by atoms with E-state index in [4.69, 9.17) is 18.0 Å². The predicted molar refractivity (Wildman–Crippen MR) is 70.4 cm³/mol. The lowest BCUT2D eigenvalue weighted by Gasteiger charge is -2.17. The second kappa shape index (κ2) is 3.53. The summed E-state index contributed by atoms with van der Waals surface area (Å²) in [6, 6.07) is 0. The van der Waals surface area contributed by atoms with Crippen molar-refractivity contribution in [2.45, 2.75) is 26.2 Å². The van der Waals surface area contributed by atoms with E-state index in [1.54, 1.807) is 11.3 Å². The van der Waals surface area contributed by atoms with Gasteiger partial charge in [0.25, 0.3) is 0 Å². The van der Waals surface area contributed by atoms with Gasteiger partial charge in [0.15, 0.2) is 4.77 Å². The van der Waals surface area contributed by atoms with Crippen molar-refractivity contribution < 1.29 is 0 Å². The van der Waals surface area contributed by atoms with Crippen LogP contribution in [0.1, 0.15) is 23.8 Å². The standard InChI is InChI=1S/C11H13N3S2/c1-5-2-3-6-7(4-5)16-10-8(6)9(12)13-11(15)14-10/h5H,2-4H2,1H3,(H3,12,13,14,15). The fourth-order valence-electron chi connectivity index (χ4n) is 2.40. The molecule has 84 valence electrons. The van der Waals surface area contributed by atoms with Gasteiger partial charge in [-0.05, 0) is 43.0 Å². The number of aryl methyl sites for hydroxylation is 1. The number of nitrogens with two attached hydrogens (primary N) is 1. The first-order chi connectivity index (χ1) is 7.65. The zero-order chi connectivity index (χ0) is 11.3. The zero-order valence-corrected chi connectivity index (χ0v) is 10.7. The van der Waals surface area contributed by atoms with Crippen LogP contribution in [0.4, 0.5) is 5.82 Å². The maximum absolute atomic E-state index is 5.97. The number of aromatic amines is 1. The molecule has 0 aliphatic heterocycles. The van der Waals surface area contributed by atoms with E-state index in [-0.39, 0.29) is 0 Å². The van der Waals surface area contributed by atoms with Crippen molar-refractivity contribution in [2.75, 3.05) is 5.73 Å². The normalized spacial score (nSPS) is 19.9. The molecule has 0 saturated heterocycles. The van der Waals surface area contributed by atoms with E-state index in [9.17, 15) is 0 Å². The molecule has 3 N–H and O–H groups in total. The lowest BCUT2D eigenvalue weighted by Crippen LogP contribution is -2.09. The molecule has 0 saturated carbocycles. The van der Waals surface area contributed by atoms with Crippen LogP contribution < -0.4 is 5.73 Å². The van der Waals surface area contributed by atoms with E-state index in [0.717, 1.165) is 29.0 Å². The van der Waals surface area contributed by atoms with Crippen LogP contribution >= 0.6 is 23.6 Å². The van der Waals surface area contributed by atoms with E-state index in [0.29, 0.717) is 10.6 Å². The Kier molecular flexibility index (Phi) is 2.26. The lowest BCUT2D eigenvalue weighted by molar-refractivity contribution is 0.509. The Bertz CT molecular complexity index is 611. The number of fused-ring (bicyclic) bond motifs is 3. The van der Waals surface area contributed by atoms with Crippen LogP contribution in [0.25, 0.3) is 10.2 Å². The quantitative estimate of drug-likeness (QED) is 0.708. The summed E-state index contributed by atoms with van der Waals surface area (Å²) in [6.07, 6.45) is 3.52. The topological polar surface area (TPSA) is 54.7 Å². The molecule has 2 aromatic rings. The van der Waals surface area contributed by atoms with Gasteiger partial charge in [0.2, 0.25) is 0 Å². The molecule has 0 spiro atoms. The second-order valence-electron chi connectivity index (χ2n) is 4.48. The average molecular weight is 251 g/mol. The van der Waals surface area contributed by atoms with E-state index in [2.05, 4.69) is 16.9 Å². The van der Waals surface area contributed by atoms with E-state index in [1.165, 1.54) is 16.9 Å². The van der Waals surface area contributed by atoms with Crippen LogP contribution in [0.2, 0.25) is 0 Å². The minimum atomic E-state index is 0.483. The molecular weight excluding hydrogens is 238 g/mol. The summed E-state index contributed by atoms with van der Waals surface area (Å²) in [5, 5.41) is 1.11. The maximum Gasteiger partial charge on any atom is 0.199 e. The lowest BCUT2D eigenvalue weighted by atomic mass is 9.89. The number of nitrogens with one attached hydrogen (secondary N) is 1. The van der Waals surface area contributed by atoms with Crippen LogP contribution in [0, 0.1) is 10.7 Å². The van der Waals surface area contributed by atoms with Crippen LogP contribution in [0.5, 0.6) is 0 Å². The number of nitrogen functional groups attached to an aromatic ring is 1. The molecule has 0 bridgehead atoms. The molecule has 0 radical (unpaired) electrons. The van der Waals surface area contributed by atoms with Crippen molar-refractivity contribution in [3.05, 3.63) is 15.2 Å². The van der Waals surface area contributed by atoms with Crippen LogP contribution in [-0.2, 0) is 12.8 Å². The first-order valence-electron chi connectivity index (χ1n) is 5.45. The fraction of sp³-hybridized carbons (Fsp3) is 0.455. The Morgan fingerprint density at radius 1 is 1.56 bits per heavy atom. The van der Waals surface area contributed by atoms with E-state index >= 15 is 0 Å². The minimum Gasteiger partial charge on any atom is -0.383 e. The fourth-order valence-corrected chi connectivity index (χ4v) is 4.08.